The molecule has 0 aliphatic carbocycles. The van der Waals surface area contributed by atoms with Gasteiger partial charge in [-0.2, -0.15) is 0 Å². The van der Waals surface area contributed by atoms with Crippen molar-refractivity contribution in [2.24, 2.45) is 5.73 Å². The van der Waals surface area contributed by atoms with Crippen LogP contribution in [0.1, 0.15) is 35.8 Å². The van der Waals surface area contributed by atoms with Crippen LogP contribution in [0.5, 0.6) is 0 Å². The lowest BCUT2D eigenvalue weighted by Crippen LogP contribution is -2.13. The van der Waals surface area contributed by atoms with E-state index in [-0.39, 0.29) is 5.97 Å². The zero-order chi connectivity index (χ0) is 14.3. The fraction of sp³-hybridized carbons (Fsp3) is 0.462. The number of pyridine rings is 1. The van der Waals surface area contributed by atoms with Gasteiger partial charge < -0.3 is 15.8 Å². The molecule has 0 spiro atoms. The summed E-state index contributed by atoms with van der Waals surface area (Å²) in [6, 6.07) is 3.23. The molecular formula is C13H19N3O3. The first-order valence-corrected chi connectivity index (χ1v) is 6.21. The SMILES string of the molecule is CCOC(=O)CCCNc1cc(C(N)=O)cc(C)n1. The molecule has 3 N–H and O–H groups in total. The summed E-state index contributed by atoms with van der Waals surface area (Å²) in [4.78, 5) is 26.5. The van der Waals surface area contributed by atoms with Crippen LogP contribution in [0.3, 0.4) is 0 Å². The van der Waals surface area contributed by atoms with Crippen molar-refractivity contribution in [3.63, 3.8) is 0 Å². The zero-order valence-corrected chi connectivity index (χ0v) is 11.2. The number of aromatic nitrogens is 1. The average Bonchev–Trinajstić information content (AvgIpc) is 2.34. The minimum absolute atomic E-state index is 0.209. The minimum atomic E-state index is -0.486. The third kappa shape index (κ3) is 5.37. The van der Waals surface area contributed by atoms with Gasteiger partial charge in [-0.15, -0.1) is 0 Å². The van der Waals surface area contributed by atoms with Crippen molar-refractivity contribution in [2.45, 2.75) is 26.7 Å². The highest BCUT2D eigenvalue weighted by Crippen LogP contribution is 2.10. The molecule has 1 amide bonds. The van der Waals surface area contributed by atoms with Gasteiger partial charge in [0.05, 0.1) is 6.61 Å². The first-order valence-electron chi connectivity index (χ1n) is 6.21. The van der Waals surface area contributed by atoms with Crippen LogP contribution in [-0.4, -0.2) is 30.0 Å². The van der Waals surface area contributed by atoms with Crippen LogP contribution < -0.4 is 11.1 Å². The zero-order valence-electron chi connectivity index (χ0n) is 11.2. The van der Waals surface area contributed by atoms with E-state index in [1.165, 1.54) is 0 Å². The molecule has 0 unspecified atom stereocenters. The summed E-state index contributed by atoms with van der Waals surface area (Å²) in [5, 5.41) is 3.05. The second-order valence-corrected chi connectivity index (χ2v) is 4.08. The van der Waals surface area contributed by atoms with Crippen LogP contribution in [0, 0.1) is 6.92 Å². The lowest BCUT2D eigenvalue weighted by molar-refractivity contribution is -0.143. The van der Waals surface area contributed by atoms with Gasteiger partial charge in [-0.3, -0.25) is 9.59 Å². The van der Waals surface area contributed by atoms with Crippen LogP contribution >= 0.6 is 0 Å². The normalized spacial score (nSPS) is 10.0. The highest BCUT2D eigenvalue weighted by molar-refractivity contribution is 5.93. The summed E-state index contributed by atoms with van der Waals surface area (Å²) >= 11 is 0. The number of anilines is 1. The van der Waals surface area contributed by atoms with E-state index < -0.39 is 5.91 Å². The quantitative estimate of drug-likeness (QED) is 0.571. The Labute approximate surface area is 112 Å². The molecule has 104 valence electrons. The van der Waals surface area contributed by atoms with Gasteiger partial charge in [-0.05, 0) is 32.4 Å². The monoisotopic (exact) mass is 265 g/mol. The van der Waals surface area contributed by atoms with Crippen LogP contribution in [0.4, 0.5) is 5.82 Å². The number of aryl methyl sites for hydroxylation is 1. The maximum absolute atomic E-state index is 11.1. The Bertz CT molecular complexity index is 460. The standard InChI is InChI=1S/C13H19N3O3/c1-3-19-12(17)5-4-6-15-11-8-10(13(14)18)7-9(2)16-11/h7-8H,3-6H2,1-2H3,(H2,14,18)(H,15,16). The summed E-state index contributed by atoms with van der Waals surface area (Å²) in [6.45, 7) is 4.54. The molecule has 0 aliphatic rings. The van der Waals surface area contributed by atoms with Crippen molar-refractivity contribution in [2.75, 3.05) is 18.5 Å². The first kappa shape index (κ1) is 14.9. The number of ether oxygens (including phenoxy) is 1. The number of esters is 1. The van der Waals surface area contributed by atoms with Gasteiger partial charge in [0.15, 0.2) is 0 Å². The number of amides is 1. The molecule has 19 heavy (non-hydrogen) atoms. The fourth-order valence-electron chi connectivity index (χ4n) is 1.58. The Hall–Kier alpha value is -2.11. The minimum Gasteiger partial charge on any atom is -0.466 e. The second kappa shape index (κ2) is 7.35. The summed E-state index contributed by atoms with van der Waals surface area (Å²) in [5.74, 6) is -0.114. The van der Waals surface area contributed by atoms with Crippen LogP contribution in [0.25, 0.3) is 0 Å². The van der Waals surface area contributed by atoms with Crippen molar-refractivity contribution < 1.29 is 14.3 Å². The van der Waals surface area contributed by atoms with E-state index in [4.69, 9.17) is 10.5 Å². The van der Waals surface area contributed by atoms with Crippen LogP contribution in [0.15, 0.2) is 12.1 Å². The van der Waals surface area contributed by atoms with E-state index in [2.05, 4.69) is 10.3 Å². The maximum Gasteiger partial charge on any atom is 0.305 e. The molecule has 0 bridgehead atoms. The van der Waals surface area contributed by atoms with Crippen molar-refractivity contribution in [3.8, 4) is 0 Å². The lowest BCUT2D eigenvalue weighted by Gasteiger charge is -2.07. The number of primary amides is 1. The second-order valence-electron chi connectivity index (χ2n) is 4.08. The van der Waals surface area contributed by atoms with Gasteiger partial charge in [0, 0.05) is 24.2 Å². The van der Waals surface area contributed by atoms with Gasteiger partial charge in [0.1, 0.15) is 5.82 Å². The lowest BCUT2D eigenvalue weighted by atomic mass is 10.2. The molecule has 0 saturated carbocycles. The van der Waals surface area contributed by atoms with Gasteiger partial charge in [-0.25, -0.2) is 4.98 Å². The largest absolute Gasteiger partial charge is 0.466 e. The van der Waals surface area contributed by atoms with E-state index in [1.54, 1.807) is 26.0 Å². The first-order chi connectivity index (χ1) is 9.02. The molecule has 0 aromatic carbocycles. The number of nitrogens with one attached hydrogen (secondary N) is 1. The smallest absolute Gasteiger partial charge is 0.305 e. The fourth-order valence-corrected chi connectivity index (χ4v) is 1.58. The number of carbonyl (C=O) groups excluding carboxylic acids is 2. The van der Waals surface area contributed by atoms with E-state index in [1.807, 2.05) is 0 Å². The predicted octanol–water partition coefficient (Wildman–Crippen LogP) is 1.24. The Morgan fingerprint density at radius 2 is 2.16 bits per heavy atom. The molecule has 1 rings (SSSR count). The van der Waals surface area contributed by atoms with E-state index in [0.717, 1.165) is 0 Å². The molecular weight excluding hydrogens is 246 g/mol. The Kier molecular flexibility index (Phi) is 5.78. The third-order valence-electron chi connectivity index (χ3n) is 2.41. The number of carbonyl (C=O) groups is 2. The summed E-state index contributed by atoms with van der Waals surface area (Å²) in [6.07, 6.45) is 0.996. The van der Waals surface area contributed by atoms with Gasteiger partial charge >= 0.3 is 5.97 Å². The summed E-state index contributed by atoms with van der Waals surface area (Å²) < 4.78 is 4.82. The van der Waals surface area contributed by atoms with Gasteiger partial charge in [-0.1, -0.05) is 0 Å². The molecule has 0 atom stereocenters. The maximum atomic E-state index is 11.1. The highest BCUT2D eigenvalue weighted by atomic mass is 16.5. The topological polar surface area (TPSA) is 94.3 Å². The number of hydrogen-bond donors (Lipinski definition) is 2. The molecule has 1 aromatic heterocycles. The molecule has 0 saturated heterocycles. The van der Waals surface area contributed by atoms with E-state index in [0.29, 0.717) is 43.1 Å². The molecule has 0 radical (unpaired) electrons. The Morgan fingerprint density at radius 1 is 1.42 bits per heavy atom. The summed E-state index contributed by atoms with van der Waals surface area (Å²) in [7, 11) is 0. The average molecular weight is 265 g/mol. The third-order valence-corrected chi connectivity index (χ3v) is 2.41. The molecule has 1 heterocycles. The van der Waals surface area contributed by atoms with Crippen molar-refractivity contribution in [1.29, 1.82) is 0 Å². The van der Waals surface area contributed by atoms with Crippen LogP contribution in [0.2, 0.25) is 0 Å². The molecule has 6 heteroatoms. The Balaban J connectivity index is 2.45. The summed E-state index contributed by atoms with van der Waals surface area (Å²) in [5.41, 5.74) is 6.35. The van der Waals surface area contributed by atoms with E-state index in [9.17, 15) is 9.59 Å². The molecule has 0 fully saturated rings. The van der Waals surface area contributed by atoms with Crippen LogP contribution in [-0.2, 0) is 9.53 Å². The van der Waals surface area contributed by atoms with Gasteiger partial charge in [0.2, 0.25) is 5.91 Å². The highest BCUT2D eigenvalue weighted by Gasteiger charge is 2.05. The van der Waals surface area contributed by atoms with Crippen molar-refractivity contribution in [3.05, 3.63) is 23.4 Å². The number of hydrogen-bond acceptors (Lipinski definition) is 5. The Morgan fingerprint density at radius 3 is 2.79 bits per heavy atom. The molecule has 1 aromatic rings. The molecule has 6 nitrogen and oxygen atoms in total. The van der Waals surface area contributed by atoms with Gasteiger partial charge in [0.25, 0.3) is 0 Å². The van der Waals surface area contributed by atoms with Crippen molar-refractivity contribution >= 4 is 17.7 Å². The van der Waals surface area contributed by atoms with E-state index >= 15 is 0 Å². The van der Waals surface area contributed by atoms with Crippen molar-refractivity contribution in [1.82, 2.24) is 4.98 Å². The number of rotatable bonds is 7. The predicted molar refractivity (Wildman–Crippen MR) is 71.8 cm³/mol. The number of nitrogens with zero attached hydrogens (tertiary/aromatic N) is 1. The number of nitrogens with two attached hydrogens (primary N) is 1. The molecule has 0 aliphatic heterocycles.